The van der Waals surface area contributed by atoms with Crippen LogP contribution >= 0.6 is 11.6 Å². The fourth-order valence-electron chi connectivity index (χ4n) is 3.41. The predicted molar refractivity (Wildman–Crippen MR) is 116 cm³/mol. The maximum atomic E-state index is 13.3. The van der Waals surface area contributed by atoms with E-state index in [1.54, 1.807) is 24.3 Å². The van der Waals surface area contributed by atoms with Gasteiger partial charge in [0.2, 0.25) is 5.69 Å². The van der Waals surface area contributed by atoms with Gasteiger partial charge >= 0.3 is 5.69 Å². The summed E-state index contributed by atoms with van der Waals surface area (Å²) >= 11 is 5.93. The Morgan fingerprint density at radius 2 is 1.88 bits per heavy atom. The van der Waals surface area contributed by atoms with Crippen LogP contribution in [0.15, 0.2) is 58.1 Å². The molecule has 0 spiro atoms. The molecule has 1 fully saturated rings. The van der Waals surface area contributed by atoms with E-state index in [4.69, 9.17) is 16.3 Å². The zero-order valence-electron chi connectivity index (χ0n) is 17.0. The van der Waals surface area contributed by atoms with Gasteiger partial charge in [0, 0.05) is 18.2 Å². The number of halogens is 2. The van der Waals surface area contributed by atoms with Crippen LogP contribution < -0.4 is 16.6 Å². The molecule has 1 aromatic heterocycles. The van der Waals surface area contributed by atoms with E-state index in [0.29, 0.717) is 22.9 Å². The maximum Gasteiger partial charge on any atom is 0.352 e. The highest BCUT2D eigenvalue weighted by atomic mass is 35.5. The molecule has 0 bridgehead atoms. The lowest BCUT2D eigenvalue weighted by atomic mass is 10.2. The monoisotopic (exact) mass is 458 g/mol. The summed E-state index contributed by atoms with van der Waals surface area (Å²) in [4.78, 5) is 38.9. The first-order valence-electron chi connectivity index (χ1n) is 10.1. The number of nitrogens with one attached hydrogen (secondary N) is 1. The Labute approximate surface area is 187 Å². The summed E-state index contributed by atoms with van der Waals surface area (Å²) < 4.78 is 20.6. The van der Waals surface area contributed by atoms with Crippen LogP contribution in [-0.4, -0.2) is 39.5 Å². The molecule has 32 heavy (non-hydrogen) atoms. The van der Waals surface area contributed by atoms with Crippen molar-refractivity contribution in [1.29, 1.82) is 0 Å². The van der Waals surface area contributed by atoms with Crippen LogP contribution in [0.3, 0.4) is 0 Å². The van der Waals surface area contributed by atoms with Gasteiger partial charge < -0.3 is 10.1 Å². The lowest BCUT2D eigenvalue weighted by Gasteiger charge is -2.14. The maximum absolute atomic E-state index is 13.3. The fraction of sp³-hybridized carbons (Fsp3) is 0.273. The highest BCUT2D eigenvalue weighted by Gasteiger charge is 2.22. The van der Waals surface area contributed by atoms with Gasteiger partial charge in [-0.2, -0.15) is 9.78 Å². The van der Waals surface area contributed by atoms with Gasteiger partial charge in [-0.25, -0.2) is 9.18 Å². The summed E-state index contributed by atoms with van der Waals surface area (Å²) in [5.41, 5.74) is -1.16. The Morgan fingerprint density at radius 3 is 2.53 bits per heavy atom. The molecule has 0 radical (unpaired) electrons. The van der Waals surface area contributed by atoms with Crippen LogP contribution in [0.25, 0.3) is 5.69 Å². The third-order valence-corrected chi connectivity index (χ3v) is 5.37. The average molecular weight is 459 g/mol. The van der Waals surface area contributed by atoms with E-state index in [0.717, 1.165) is 22.1 Å². The number of hydrogen-bond donors (Lipinski definition) is 1. The minimum absolute atomic E-state index is 0.123. The first-order valence-corrected chi connectivity index (χ1v) is 10.4. The molecule has 0 unspecified atom stereocenters. The second-order valence-electron chi connectivity index (χ2n) is 7.38. The van der Waals surface area contributed by atoms with Gasteiger partial charge in [0.25, 0.3) is 11.5 Å². The van der Waals surface area contributed by atoms with Crippen molar-refractivity contribution in [3.8, 4) is 5.69 Å². The van der Waals surface area contributed by atoms with Crippen LogP contribution in [0, 0.1) is 5.82 Å². The first kappa shape index (κ1) is 21.9. The summed E-state index contributed by atoms with van der Waals surface area (Å²) in [5, 5.41) is 7.16. The summed E-state index contributed by atoms with van der Waals surface area (Å²) in [6, 6.07) is 11.6. The zero-order chi connectivity index (χ0) is 22.7. The Kier molecular flexibility index (Phi) is 6.48. The van der Waals surface area contributed by atoms with Crippen LogP contribution in [0.2, 0.25) is 5.02 Å². The van der Waals surface area contributed by atoms with Crippen molar-refractivity contribution in [3.05, 3.63) is 91.5 Å². The third-order valence-electron chi connectivity index (χ3n) is 5.11. The molecule has 1 amide bonds. The molecule has 1 atom stereocenters. The summed E-state index contributed by atoms with van der Waals surface area (Å²) in [7, 11) is 0. The molecule has 2 heterocycles. The SMILES string of the molecule is O=C(NC[C@H]1CCCO1)c1nn(-c2ccc(Cl)cc2)c(=O)n(Cc2ccc(F)cc2)c1=O. The highest BCUT2D eigenvalue weighted by Crippen LogP contribution is 2.12. The van der Waals surface area contributed by atoms with Gasteiger partial charge in [0.15, 0.2) is 0 Å². The van der Waals surface area contributed by atoms with Gasteiger partial charge in [-0.1, -0.05) is 23.7 Å². The van der Waals surface area contributed by atoms with Crippen molar-refractivity contribution < 1.29 is 13.9 Å². The van der Waals surface area contributed by atoms with Gasteiger partial charge in [0.05, 0.1) is 18.3 Å². The minimum Gasteiger partial charge on any atom is -0.376 e. The number of carbonyl (C=O) groups excluding carboxylic acids is 1. The second-order valence-corrected chi connectivity index (χ2v) is 7.82. The number of benzene rings is 2. The van der Waals surface area contributed by atoms with E-state index in [1.807, 2.05) is 0 Å². The highest BCUT2D eigenvalue weighted by molar-refractivity contribution is 6.30. The second kappa shape index (κ2) is 9.46. The van der Waals surface area contributed by atoms with Crippen LogP contribution in [-0.2, 0) is 11.3 Å². The molecule has 4 rings (SSSR count). The van der Waals surface area contributed by atoms with Crippen molar-refractivity contribution in [2.75, 3.05) is 13.2 Å². The van der Waals surface area contributed by atoms with Crippen LogP contribution in [0.1, 0.15) is 28.9 Å². The molecule has 8 nitrogen and oxygen atoms in total. The molecule has 0 aliphatic carbocycles. The van der Waals surface area contributed by atoms with Crippen molar-refractivity contribution in [2.45, 2.75) is 25.5 Å². The number of rotatable bonds is 6. The predicted octanol–water partition coefficient (Wildman–Crippen LogP) is 2.14. The Hall–Kier alpha value is -3.30. The van der Waals surface area contributed by atoms with E-state index < -0.39 is 28.7 Å². The number of amides is 1. The van der Waals surface area contributed by atoms with E-state index in [2.05, 4.69) is 10.4 Å². The largest absolute Gasteiger partial charge is 0.376 e. The van der Waals surface area contributed by atoms with Gasteiger partial charge in [-0.15, -0.1) is 0 Å². The van der Waals surface area contributed by atoms with E-state index >= 15 is 0 Å². The van der Waals surface area contributed by atoms with Gasteiger partial charge in [-0.05, 0) is 54.8 Å². The topological polar surface area (TPSA) is 95.2 Å². The molecule has 1 saturated heterocycles. The molecule has 1 aliphatic rings. The van der Waals surface area contributed by atoms with Crippen molar-refractivity contribution in [3.63, 3.8) is 0 Å². The van der Waals surface area contributed by atoms with E-state index in [9.17, 15) is 18.8 Å². The molecule has 2 aromatic carbocycles. The first-order chi connectivity index (χ1) is 15.4. The lowest BCUT2D eigenvalue weighted by Crippen LogP contribution is -2.46. The van der Waals surface area contributed by atoms with E-state index in [-0.39, 0.29) is 19.2 Å². The molecule has 1 N–H and O–H groups in total. The molecular weight excluding hydrogens is 439 g/mol. The molecule has 0 saturated carbocycles. The van der Waals surface area contributed by atoms with Crippen molar-refractivity contribution in [1.82, 2.24) is 19.7 Å². The van der Waals surface area contributed by atoms with Gasteiger partial charge in [-0.3, -0.25) is 14.2 Å². The van der Waals surface area contributed by atoms with Gasteiger partial charge in [0.1, 0.15) is 5.82 Å². The Morgan fingerprint density at radius 1 is 1.16 bits per heavy atom. The lowest BCUT2D eigenvalue weighted by molar-refractivity contribution is 0.0849. The summed E-state index contributed by atoms with van der Waals surface area (Å²) in [5.74, 6) is -1.15. The third kappa shape index (κ3) is 4.79. The fourth-order valence-corrected chi connectivity index (χ4v) is 3.54. The number of hydrogen-bond acceptors (Lipinski definition) is 5. The number of ether oxygens (including phenoxy) is 1. The van der Waals surface area contributed by atoms with Crippen molar-refractivity contribution in [2.24, 2.45) is 0 Å². The quantitative estimate of drug-likeness (QED) is 0.610. The number of nitrogens with zero attached hydrogens (tertiary/aromatic N) is 3. The zero-order valence-corrected chi connectivity index (χ0v) is 17.7. The molecule has 10 heteroatoms. The number of aromatic nitrogens is 3. The minimum atomic E-state index is -0.839. The van der Waals surface area contributed by atoms with Crippen molar-refractivity contribution >= 4 is 17.5 Å². The smallest absolute Gasteiger partial charge is 0.352 e. The average Bonchev–Trinajstić information content (AvgIpc) is 3.31. The molecule has 166 valence electrons. The molecule has 1 aliphatic heterocycles. The van der Waals surface area contributed by atoms with Crippen LogP contribution in [0.4, 0.5) is 4.39 Å². The summed E-state index contributed by atoms with van der Waals surface area (Å²) in [6.07, 6.45) is 1.60. The summed E-state index contributed by atoms with van der Waals surface area (Å²) in [6.45, 7) is 0.711. The molecular formula is C22H20ClFN4O4. The van der Waals surface area contributed by atoms with Crippen LogP contribution in [0.5, 0.6) is 0 Å². The Balaban J connectivity index is 1.75. The number of carbonyl (C=O) groups is 1. The van der Waals surface area contributed by atoms with E-state index in [1.165, 1.54) is 24.3 Å². The standard InChI is InChI=1S/C22H20ClFN4O4/c23-15-5-9-17(10-6-15)28-22(31)27(13-14-3-7-16(24)8-4-14)21(30)19(26-28)20(29)25-12-18-2-1-11-32-18/h3-10,18H,1-2,11-13H2,(H,25,29)/t18-/m1/s1. The normalized spacial score (nSPS) is 15.6. The Bertz CT molecular complexity index is 1230. The molecule has 3 aromatic rings.